The Kier molecular flexibility index (Phi) is 8.59. The van der Waals surface area contributed by atoms with Crippen LogP contribution in [-0.2, 0) is 0 Å². The van der Waals surface area contributed by atoms with Gasteiger partial charge in [0.15, 0.2) is 0 Å². The molecular weight excluding hydrogens is 428 g/mol. The molecule has 4 rings (SSSR count). The lowest BCUT2D eigenvalue weighted by molar-refractivity contribution is 0.150. The van der Waals surface area contributed by atoms with Crippen molar-refractivity contribution in [2.75, 3.05) is 46.4 Å². The predicted molar refractivity (Wildman–Crippen MR) is 140 cm³/mol. The lowest BCUT2D eigenvalue weighted by atomic mass is 9.95. The summed E-state index contributed by atoms with van der Waals surface area (Å²) in [6, 6.07) is 28.8. The van der Waals surface area contributed by atoms with Crippen molar-refractivity contribution >= 4 is 22.2 Å². The standard InChI is InChI=1S/C29H33ClN2O/c1-31-19-21-32(22-20-31)18-8-9-23-33-27-16-14-25(15-17-27)28(24-10-4-2-5-11-24)29(30)26-12-6-3-7-13-26/h2-7,10-17H,8-9,18-23H2,1H3/b29-28-. The average molecular weight is 461 g/mol. The summed E-state index contributed by atoms with van der Waals surface area (Å²) in [5.41, 5.74) is 4.22. The Morgan fingerprint density at radius 2 is 1.30 bits per heavy atom. The third-order valence-electron chi connectivity index (χ3n) is 6.19. The van der Waals surface area contributed by atoms with E-state index < -0.39 is 0 Å². The quantitative estimate of drug-likeness (QED) is 0.277. The molecular formula is C29H33ClN2O. The van der Waals surface area contributed by atoms with E-state index in [-0.39, 0.29) is 0 Å². The number of halogens is 1. The maximum absolute atomic E-state index is 6.91. The molecule has 172 valence electrons. The first-order valence-corrected chi connectivity index (χ1v) is 12.2. The Hall–Kier alpha value is -2.59. The molecule has 0 bridgehead atoms. The molecule has 1 saturated heterocycles. The first kappa shape index (κ1) is 23.6. The molecule has 33 heavy (non-hydrogen) atoms. The van der Waals surface area contributed by atoms with E-state index in [1.54, 1.807) is 0 Å². The Morgan fingerprint density at radius 1 is 0.727 bits per heavy atom. The number of nitrogens with zero attached hydrogens (tertiary/aromatic N) is 2. The van der Waals surface area contributed by atoms with Crippen molar-refractivity contribution in [2.24, 2.45) is 0 Å². The largest absolute Gasteiger partial charge is 0.494 e. The zero-order chi connectivity index (χ0) is 22.9. The molecule has 3 aromatic carbocycles. The molecule has 1 aliphatic rings. The van der Waals surface area contributed by atoms with E-state index in [1.807, 2.05) is 60.7 Å². The molecule has 0 aromatic heterocycles. The molecule has 0 radical (unpaired) electrons. The van der Waals surface area contributed by atoms with Gasteiger partial charge in [-0.3, -0.25) is 0 Å². The lowest BCUT2D eigenvalue weighted by Crippen LogP contribution is -2.44. The highest BCUT2D eigenvalue weighted by atomic mass is 35.5. The molecule has 1 fully saturated rings. The number of hydrogen-bond donors (Lipinski definition) is 0. The molecule has 1 heterocycles. The van der Waals surface area contributed by atoms with Gasteiger partial charge in [0.05, 0.1) is 11.6 Å². The van der Waals surface area contributed by atoms with Crippen molar-refractivity contribution in [1.29, 1.82) is 0 Å². The van der Waals surface area contributed by atoms with Crippen molar-refractivity contribution in [3.63, 3.8) is 0 Å². The van der Waals surface area contributed by atoms with E-state index in [9.17, 15) is 0 Å². The second kappa shape index (κ2) is 12.0. The maximum atomic E-state index is 6.91. The zero-order valence-corrected chi connectivity index (χ0v) is 20.2. The monoisotopic (exact) mass is 460 g/mol. The molecule has 3 nitrogen and oxygen atoms in total. The first-order valence-electron chi connectivity index (χ1n) is 11.9. The summed E-state index contributed by atoms with van der Waals surface area (Å²) in [5.74, 6) is 0.904. The summed E-state index contributed by atoms with van der Waals surface area (Å²) in [6.07, 6.45) is 2.25. The number of unbranched alkanes of at least 4 members (excludes halogenated alkanes) is 1. The van der Waals surface area contributed by atoms with Gasteiger partial charge in [0, 0.05) is 31.8 Å². The summed E-state index contributed by atoms with van der Waals surface area (Å²) >= 11 is 6.91. The van der Waals surface area contributed by atoms with Crippen LogP contribution >= 0.6 is 11.6 Å². The Balaban J connectivity index is 1.38. The minimum absolute atomic E-state index is 0.749. The molecule has 0 N–H and O–H groups in total. The summed E-state index contributed by atoms with van der Waals surface area (Å²) in [7, 11) is 2.20. The Morgan fingerprint density at radius 3 is 1.94 bits per heavy atom. The van der Waals surface area contributed by atoms with Crippen molar-refractivity contribution in [2.45, 2.75) is 12.8 Å². The van der Waals surface area contributed by atoms with Crippen LogP contribution in [0.2, 0.25) is 0 Å². The maximum Gasteiger partial charge on any atom is 0.119 e. The number of ether oxygens (including phenoxy) is 1. The average Bonchev–Trinajstić information content (AvgIpc) is 2.87. The predicted octanol–water partition coefficient (Wildman–Crippen LogP) is 6.25. The Bertz CT molecular complexity index is 1010. The first-order chi connectivity index (χ1) is 16.2. The van der Waals surface area contributed by atoms with E-state index in [0.717, 1.165) is 46.1 Å². The van der Waals surface area contributed by atoms with Crippen molar-refractivity contribution in [3.8, 4) is 5.75 Å². The Labute approximate surface area is 203 Å². The number of hydrogen-bond acceptors (Lipinski definition) is 3. The van der Waals surface area contributed by atoms with E-state index in [0.29, 0.717) is 0 Å². The SMILES string of the molecule is CN1CCN(CCCCOc2ccc(/C(=C(\Cl)c3ccccc3)c3ccccc3)cc2)CC1. The fourth-order valence-corrected chi connectivity index (χ4v) is 4.51. The smallest absolute Gasteiger partial charge is 0.119 e. The molecule has 4 heteroatoms. The van der Waals surface area contributed by atoms with Gasteiger partial charge in [0.25, 0.3) is 0 Å². The third kappa shape index (κ3) is 6.70. The second-order valence-corrected chi connectivity index (χ2v) is 9.02. The zero-order valence-electron chi connectivity index (χ0n) is 19.4. The number of benzene rings is 3. The van der Waals surface area contributed by atoms with Gasteiger partial charge in [-0.05, 0) is 55.3 Å². The van der Waals surface area contributed by atoms with Crippen LogP contribution in [0.1, 0.15) is 29.5 Å². The van der Waals surface area contributed by atoms with E-state index in [2.05, 4.69) is 41.1 Å². The molecule has 0 unspecified atom stereocenters. The fourth-order valence-electron chi connectivity index (χ4n) is 4.17. The van der Waals surface area contributed by atoms with E-state index in [1.165, 1.54) is 39.1 Å². The third-order valence-corrected chi connectivity index (χ3v) is 6.59. The van der Waals surface area contributed by atoms with Crippen LogP contribution in [0.15, 0.2) is 84.9 Å². The van der Waals surface area contributed by atoms with Crippen LogP contribution in [0, 0.1) is 0 Å². The fraction of sp³-hybridized carbons (Fsp3) is 0.310. The summed E-state index contributed by atoms with van der Waals surface area (Å²) in [4.78, 5) is 4.96. The van der Waals surface area contributed by atoms with Gasteiger partial charge in [-0.2, -0.15) is 0 Å². The van der Waals surface area contributed by atoms with Gasteiger partial charge in [-0.15, -0.1) is 0 Å². The highest BCUT2D eigenvalue weighted by Crippen LogP contribution is 2.35. The highest BCUT2D eigenvalue weighted by molar-refractivity contribution is 6.53. The minimum atomic E-state index is 0.749. The van der Waals surface area contributed by atoms with Gasteiger partial charge in [0.2, 0.25) is 0 Å². The van der Waals surface area contributed by atoms with Gasteiger partial charge >= 0.3 is 0 Å². The minimum Gasteiger partial charge on any atom is -0.494 e. The number of likely N-dealkylation sites (N-methyl/N-ethyl adjacent to an activating group) is 1. The number of piperazine rings is 1. The van der Waals surface area contributed by atoms with Crippen molar-refractivity contribution < 1.29 is 4.74 Å². The van der Waals surface area contributed by atoms with Crippen LogP contribution in [-0.4, -0.2) is 56.2 Å². The van der Waals surface area contributed by atoms with Gasteiger partial charge in [-0.25, -0.2) is 0 Å². The van der Waals surface area contributed by atoms with Gasteiger partial charge < -0.3 is 14.5 Å². The lowest BCUT2D eigenvalue weighted by Gasteiger charge is -2.32. The van der Waals surface area contributed by atoms with Gasteiger partial charge in [0.1, 0.15) is 5.75 Å². The van der Waals surface area contributed by atoms with Crippen LogP contribution in [0.3, 0.4) is 0 Å². The molecule has 1 aliphatic heterocycles. The normalized spacial score (nSPS) is 15.8. The summed E-state index contributed by atoms with van der Waals surface area (Å²) < 4.78 is 6.02. The molecule has 0 atom stereocenters. The van der Waals surface area contributed by atoms with E-state index in [4.69, 9.17) is 16.3 Å². The van der Waals surface area contributed by atoms with Gasteiger partial charge in [-0.1, -0.05) is 84.4 Å². The molecule has 0 amide bonds. The van der Waals surface area contributed by atoms with Crippen molar-refractivity contribution in [1.82, 2.24) is 9.80 Å². The number of rotatable bonds is 9. The highest BCUT2D eigenvalue weighted by Gasteiger charge is 2.14. The van der Waals surface area contributed by atoms with Crippen molar-refractivity contribution in [3.05, 3.63) is 102 Å². The summed E-state index contributed by atoms with van der Waals surface area (Å²) in [5, 5.41) is 0.749. The van der Waals surface area contributed by atoms with Crippen LogP contribution in [0.25, 0.3) is 10.6 Å². The molecule has 0 spiro atoms. The second-order valence-electron chi connectivity index (χ2n) is 8.65. The van der Waals surface area contributed by atoms with Crippen LogP contribution in [0.4, 0.5) is 0 Å². The molecule has 3 aromatic rings. The topological polar surface area (TPSA) is 15.7 Å². The molecule has 0 saturated carbocycles. The van der Waals surface area contributed by atoms with E-state index >= 15 is 0 Å². The summed E-state index contributed by atoms with van der Waals surface area (Å²) in [6.45, 7) is 6.63. The van der Waals surface area contributed by atoms with Crippen LogP contribution in [0.5, 0.6) is 5.75 Å². The van der Waals surface area contributed by atoms with Crippen LogP contribution < -0.4 is 4.74 Å². The molecule has 0 aliphatic carbocycles.